The van der Waals surface area contributed by atoms with E-state index in [1.807, 2.05) is 19.1 Å². The Kier molecular flexibility index (Phi) is 6.92. The summed E-state index contributed by atoms with van der Waals surface area (Å²) in [7, 11) is 0. The van der Waals surface area contributed by atoms with E-state index in [1.54, 1.807) is 6.92 Å². The van der Waals surface area contributed by atoms with Crippen LogP contribution in [-0.4, -0.2) is 25.8 Å². The molecule has 0 aliphatic rings. The van der Waals surface area contributed by atoms with E-state index in [0.29, 0.717) is 18.8 Å². The molecule has 3 nitrogen and oxygen atoms in total. The molecule has 0 aromatic heterocycles. The molecule has 0 heterocycles. The summed E-state index contributed by atoms with van der Waals surface area (Å²) in [5, 5.41) is 0. The number of hydrogen-bond donors (Lipinski definition) is 0. The molecule has 0 saturated carbocycles. The summed E-state index contributed by atoms with van der Waals surface area (Å²) >= 11 is 0. The first-order valence-corrected chi connectivity index (χ1v) is 4.26. The Morgan fingerprint density at radius 2 is 2.23 bits per heavy atom. The van der Waals surface area contributed by atoms with Crippen LogP contribution in [0, 0.1) is 0 Å². The van der Waals surface area contributed by atoms with Gasteiger partial charge in [-0.05, 0) is 13.8 Å². The Morgan fingerprint density at radius 1 is 1.54 bits per heavy atom. The lowest BCUT2D eigenvalue weighted by atomic mass is 10.3. The number of rotatable bonds is 6. The number of carbonyl (C=O) groups is 1. The van der Waals surface area contributed by atoms with Gasteiger partial charge in [0, 0.05) is 0 Å². The number of ether oxygens (including phenoxy) is 2. The van der Waals surface area contributed by atoms with Gasteiger partial charge in [0.25, 0.3) is 0 Å². The Bertz CT molecular complexity index is 194. The van der Waals surface area contributed by atoms with Crippen LogP contribution in [-0.2, 0) is 14.3 Å². The minimum absolute atomic E-state index is 0.225. The number of esters is 1. The maximum atomic E-state index is 11.0. The number of carbonyl (C=O) groups excluding carboxylic acids is 1. The smallest absolute Gasteiger partial charge is 0.335 e. The molecular formula is C10H16O3. The summed E-state index contributed by atoms with van der Waals surface area (Å²) in [6.07, 6.45) is 3.74. The van der Waals surface area contributed by atoms with Gasteiger partial charge in [-0.25, -0.2) is 4.79 Å². The van der Waals surface area contributed by atoms with Crippen LogP contribution in [0.5, 0.6) is 0 Å². The van der Waals surface area contributed by atoms with Gasteiger partial charge in [-0.1, -0.05) is 18.7 Å². The molecule has 0 fully saturated rings. The fraction of sp³-hybridized carbons (Fsp3) is 0.500. The van der Waals surface area contributed by atoms with Crippen LogP contribution in [0.15, 0.2) is 24.3 Å². The van der Waals surface area contributed by atoms with Gasteiger partial charge in [-0.3, -0.25) is 0 Å². The normalized spacial score (nSPS) is 10.3. The van der Waals surface area contributed by atoms with Gasteiger partial charge in [0.1, 0.15) is 0 Å². The van der Waals surface area contributed by atoms with Gasteiger partial charge in [-0.15, -0.1) is 0 Å². The Balaban J connectivity index is 3.56. The summed E-state index contributed by atoms with van der Waals surface area (Å²) in [6, 6.07) is 0. The van der Waals surface area contributed by atoms with Crippen LogP contribution >= 0.6 is 0 Å². The average molecular weight is 184 g/mol. The average Bonchev–Trinajstić information content (AvgIpc) is 2.12. The summed E-state index contributed by atoms with van der Waals surface area (Å²) in [4.78, 5) is 11.0. The largest absolute Gasteiger partial charge is 0.463 e. The first-order chi connectivity index (χ1) is 6.22. The molecule has 0 aliphatic carbocycles. The topological polar surface area (TPSA) is 35.5 Å². The predicted octanol–water partition coefficient (Wildman–Crippen LogP) is 1.70. The van der Waals surface area contributed by atoms with E-state index in [2.05, 4.69) is 6.58 Å². The van der Waals surface area contributed by atoms with Crippen molar-refractivity contribution in [2.24, 2.45) is 0 Å². The molecular weight excluding hydrogens is 168 g/mol. The molecule has 0 spiro atoms. The Labute approximate surface area is 79.0 Å². The van der Waals surface area contributed by atoms with Crippen LogP contribution in [0.2, 0.25) is 0 Å². The van der Waals surface area contributed by atoms with Gasteiger partial charge in [0.2, 0.25) is 0 Å². The van der Waals surface area contributed by atoms with Crippen LogP contribution in [0.25, 0.3) is 0 Å². The standard InChI is InChI=1S/C10H16O3/c1-4-6-7-12-8-9(3)10(11)13-5-2/h4,6H,3,5,7-8H2,1-2H3. The minimum Gasteiger partial charge on any atom is -0.463 e. The zero-order valence-corrected chi connectivity index (χ0v) is 8.21. The fourth-order valence-corrected chi connectivity index (χ4v) is 0.638. The predicted molar refractivity (Wildman–Crippen MR) is 51.4 cm³/mol. The maximum Gasteiger partial charge on any atom is 0.335 e. The van der Waals surface area contributed by atoms with Gasteiger partial charge in [-0.2, -0.15) is 0 Å². The van der Waals surface area contributed by atoms with Crippen molar-refractivity contribution in [1.29, 1.82) is 0 Å². The molecule has 13 heavy (non-hydrogen) atoms. The van der Waals surface area contributed by atoms with Crippen molar-refractivity contribution in [2.45, 2.75) is 13.8 Å². The molecule has 0 amide bonds. The number of hydrogen-bond acceptors (Lipinski definition) is 3. The van der Waals surface area contributed by atoms with Crippen LogP contribution < -0.4 is 0 Å². The van der Waals surface area contributed by atoms with E-state index in [0.717, 1.165) is 0 Å². The molecule has 0 saturated heterocycles. The molecule has 0 unspecified atom stereocenters. The van der Waals surface area contributed by atoms with Crippen molar-refractivity contribution < 1.29 is 14.3 Å². The van der Waals surface area contributed by atoms with Crippen LogP contribution in [0.1, 0.15) is 13.8 Å². The molecule has 0 rings (SSSR count). The first-order valence-electron chi connectivity index (χ1n) is 4.26. The highest BCUT2D eigenvalue weighted by atomic mass is 16.5. The molecule has 0 aliphatic heterocycles. The van der Waals surface area contributed by atoms with E-state index in [1.165, 1.54) is 0 Å². The molecule has 0 N–H and O–H groups in total. The van der Waals surface area contributed by atoms with Crippen molar-refractivity contribution in [3.8, 4) is 0 Å². The SMILES string of the molecule is C=C(COCC=CC)C(=O)OCC. The van der Waals surface area contributed by atoms with Crippen molar-refractivity contribution in [2.75, 3.05) is 19.8 Å². The van der Waals surface area contributed by atoms with Crippen LogP contribution in [0.3, 0.4) is 0 Å². The zero-order valence-electron chi connectivity index (χ0n) is 8.21. The van der Waals surface area contributed by atoms with Crippen molar-refractivity contribution in [3.05, 3.63) is 24.3 Å². The lowest BCUT2D eigenvalue weighted by molar-refractivity contribution is -0.139. The maximum absolute atomic E-state index is 11.0. The quantitative estimate of drug-likeness (QED) is 0.273. The molecule has 0 radical (unpaired) electrons. The Hall–Kier alpha value is -1.09. The monoisotopic (exact) mass is 184 g/mol. The highest BCUT2D eigenvalue weighted by Gasteiger charge is 2.06. The lowest BCUT2D eigenvalue weighted by Crippen LogP contribution is -2.11. The van der Waals surface area contributed by atoms with E-state index >= 15 is 0 Å². The van der Waals surface area contributed by atoms with Crippen LogP contribution in [0.4, 0.5) is 0 Å². The molecule has 0 bridgehead atoms. The third-order valence-electron chi connectivity index (χ3n) is 1.29. The lowest BCUT2D eigenvalue weighted by Gasteiger charge is -2.04. The van der Waals surface area contributed by atoms with E-state index in [-0.39, 0.29) is 12.6 Å². The fourth-order valence-electron chi connectivity index (χ4n) is 0.638. The number of allylic oxidation sites excluding steroid dienone is 1. The third-order valence-corrected chi connectivity index (χ3v) is 1.29. The summed E-state index contributed by atoms with van der Waals surface area (Å²) in [5.41, 5.74) is 0.353. The molecule has 0 atom stereocenters. The highest BCUT2D eigenvalue weighted by Crippen LogP contribution is 1.95. The third kappa shape index (κ3) is 6.11. The van der Waals surface area contributed by atoms with Gasteiger partial charge in [0.05, 0.1) is 25.4 Å². The summed E-state index contributed by atoms with van der Waals surface area (Å²) < 4.78 is 9.84. The van der Waals surface area contributed by atoms with Gasteiger partial charge < -0.3 is 9.47 Å². The molecule has 74 valence electrons. The second-order valence-corrected chi connectivity index (χ2v) is 2.41. The second-order valence-electron chi connectivity index (χ2n) is 2.41. The summed E-state index contributed by atoms with van der Waals surface area (Å²) in [5.74, 6) is -0.386. The first kappa shape index (κ1) is 11.9. The van der Waals surface area contributed by atoms with E-state index < -0.39 is 0 Å². The van der Waals surface area contributed by atoms with Crippen molar-refractivity contribution in [1.82, 2.24) is 0 Å². The summed E-state index contributed by atoms with van der Waals surface area (Å²) in [6.45, 7) is 8.30. The zero-order chi connectivity index (χ0) is 10.1. The molecule has 0 aromatic rings. The highest BCUT2D eigenvalue weighted by molar-refractivity contribution is 5.87. The van der Waals surface area contributed by atoms with Gasteiger partial charge in [0.15, 0.2) is 0 Å². The second kappa shape index (κ2) is 7.55. The van der Waals surface area contributed by atoms with Gasteiger partial charge >= 0.3 is 5.97 Å². The van der Waals surface area contributed by atoms with Crippen molar-refractivity contribution >= 4 is 5.97 Å². The van der Waals surface area contributed by atoms with Crippen molar-refractivity contribution in [3.63, 3.8) is 0 Å². The molecule has 3 heteroatoms. The van der Waals surface area contributed by atoms with E-state index in [9.17, 15) is 4.79 Å². The van der Waals surface area contributed by atoms with E-state index in [4.69, 9.17) is 9.47 Å². The minimum atomic E-state index is -0.386. The Morgan fingerprint density at radius 3 is 2.77 bits per heavy atom. The molecule has 0 aromatic carbocycles.